The van der Waals surface area contributed by atoms with Crippen LogP contribution in [0.3, 0.4) is 0 Å². The van der Waals surface area contributed by atoms with Crippen LogP contribution in [0.5, 0.6) is 5.75 Å². The lowest BCUT2D eigenvalue weighted by Crippen LogP contribution is -2.44. The maximum atomic E-state index is 12.2. The number of nitrogens with one attached hydrogen (secondary N) is 1. The molecule has 0 unspecified atom stereocenters. The van der Waals surface area contributed by atoms with Gasteiger partial charge in [0.05, 0.1) is 17.8 Å². The van der Waals surface area contributed by atoms with Crippen LogP contribution in [0.15, 0.2) is 29.8 Å². The molecular formula is C22H31N3O3S. The number of benzene rings is 1. The van der Waals surface area contributed by atoms with Crippen LogP contribution in [0.25, 0.3) is 0 Å². The Morgan fingerprint density at radius 3 is 2.52 bits per heavy atom. The lowest BCUT2D eigenvalue weighted by molar-refractivity contribution is 0.0210. The van der Waals surface area contributed by atoms with Gasteiger partial charge in [-0.1, -0.05) is 0 Å². The number of carbonyl (C=O) groups is 1. The van der Waals surface area contributed by atoms with E-state index < -0.39 is 5.60 Å². The molecule has 7 heteroatoms. The molecule has 29 heavy (non-hydrogen) atoms. The molecule has 0 saturated carbocycles. The van der Waals surface area contributed by atoms with Crippen molar-refractivity contribution in [2.24, 2.45) is 0 Å². The van der Waals surface area contributed by atoms with Crippen LogP contribution in [0.4, 0.5) is 10.5 Å². The van der Waals surface area contributed by atoms with Gasteiger partial charge in [-0.2, -0.15) is 0 Å². The van der Waals surface area contributed by atoms with Crippen LogP contribution < -0.4 is 10.1 Å². The Morgan fingerprint density at radius 1 is 1.24 bits per heavy atom. The number of thiazole rings is 1. The molecule has 1 saturated heterocycles. The number of aryl methyl sites for hydroxylation is 1. The number of rotatable bonds is 6. The van der Waals surface area contributed by atoms with Crippen molar-refractivity contribution in [2.75, 3.05) is 25.0 Å². The summed E-state index contributed by atoms with van der Waals surface area (Å²) >= 11 is 1.68. The fraction of sp³-hybridized carbons (Fsp3) is 0.545. The zero-order chi connectivity index (χ0) is 20.9. The SMILES string of the molecule is Cc1ncsc1CCOc1ccc(NC2CCN(C(=O)OC(C)(C)C)CC2)cc1. The molecule has 2 heterocycles. The fourth-order valence-electron chi connectivity index (χ4n) is 3.24. The molecule has 1 N–H and O–H groups in total. The minimum absolute atomic E-state index is 0.217. The van der Waals surface area contributed by atoms with E-state index in [0.717, 1.165) is 36.4 Å². The normalized spacial score (nSPS) is 15.2. The molecule has 1 aliphatic heterocycles. The number of ether oxygens (including phenoxy) is 2. The van der Waals surface area contributed by atoms with Crippen molar-refractivity contribution < 1.29 is 14.3 Å². The largest absolute Gasteiger partial charge is 0.493 e. The number of amides is 1. The van der Waals surface area contributed by atoms with Crippen molar-refractivity contribution in [3.05, 3.63) is 40.3 Å². The highest BCUT2D eigenvalue weighted by molar-refractivity contribution is 7.09. The van der Waals surface area contributed by atoms with E-state index in [-0.39, 0.29) is 6.09 Å². The van der Waals surface area contributed by atoms with E-state index in [9.17, 15) is 4.79 Å². The second kappa shape index (κ2) is 9.48. The predicted octanol–water partition coefficient (Wildman–Crippen LogP) is 4.88. The van der Waals surface area contributed by atoms with E-state index >= 15 is 0 Å². The topological polar surface area (TPSA) is 63.7 Å². The minimum Gasteiger partial charge on any atom is -0.493 e. The number of hydrogen-bond donors (Lipinski definition) is 1. The van der Waals surface area contributed by atoms with Gasteiger partial charge in [0.1, 0.15) is 11.4 Å². The Kier molecular flexibility index (Phi) is 7.00. The summed E-state index contributed by atoms with van der Waals surface area (Å²) in [6.07, 6.45) is 2.48. The summed E-state index contributed by atoms with van der Waals surface area (Å²) in [6.45, 7) is 9.80. The molecule has 0 atom stereocenters. The lowest BCUT2D eigenvalue weighted by atomic mass is 10.0. The molecule has 1 aromatic carbocycles. The Bertz CT molecular complexity index is 790. The smallest absolute Gasteiger partial charge is 0.410 e. The minimum atomic E-state index is -0.449. The molecule has 0 aliphatic carbocycles. The summed E-state index contributed by atoms with van der Waals surface area (Å²) in [5.74, 6) is 0.873. The standard InChI is InChI=1S/C22H31N3O3S/c1-16-20(29-15-23-16)11-14-27-19-7-5-17(6-8-19)24-18-9-12-25(13-10-18)21(26)28-22(2,3)4/h5-8,15,18,24H,9-14H2,1-4H3. The third-order valence-electron chi connectivity index (χ3n) is 4.81. The zero-order valence-corrected chi connectivity index (χ0v) is 18.6. The maximum absolute atomic E-state index is 12.2. The predicted molar refractivity (Wildman–Crippen MR) is 117 cm³/mol. The number of carbonyl (C=O) groups excluding carboxylic acids is 1. The van der Waals surface area contributed by atoms with E-state index in [0.29, 0.717) is 25.7 Å². The Morgan fingerprint density at radius 2 is 1.93 bits per heavy atom. The van der Waals surface area contributed by atoms with Crippen LogP contribution in [0, 0.1) is 6.92 Å². The average molecular weight is 418 g/mol. The zero-order valence-electron chi connectivity index (χ0n) is 17.7. The van der Waals surface area contributed by atoms with Gasteiger partial charge in [0, 0.05) is 36.1 Å². The van der Waals surface area contributed by atoms with Crippen molar-refractivity contribution in [2.45, 2.75) is 58.6 Å². The molecule has 3 rings (SSSR count). The monoisotopic (exact) mass is 417 g/mol. The highest BCUT2D eigenvalue weighted by Crippen LogP contribution is 2.21. The van der Waals surface area contributed by atoms with Gasteiger partial charge in [0.2, 0.25) is 0 Å². The van der Waals surface area contributed by atoms with Crippen molar-refractivity contribution in [1.29, 1.82) is 0 Å². The first-order valence-electron chi connectivity index (χ1n) is 10.2. The molecule has 1 aliphatic rings. The summed E-state index contributed by atoms with van der Waals surface area (Å²) < 4.78 is 11.3. The number of piperidine rings is 1. The molecule has 0 bridgehead atoms. The number of hydrogen-bond acceptors (Lipinski definition) is 6. The summed E-state index contributed by atoms with van der Waals surface area (Å²) in [6, 6.07) is 8.45. The van der Waals surface area contributed by atoms with Gasteiger partial charge < -0.3 is 19.7 Å². The third-order valence-corrected chi connectivity index (χ3v) is 5.81. The second-order valence-corrected chi connectivity index (χ2v) is 9.31. The van der Waals surface area contributed by atoms with Crippen molar-refractivity contribution in [1.82, 2.24) is 9.88 Å². The molecular weight excluding hydrogens is 386 g/mol. The van der Waals surface area contributed by atoms with Crippen LogP contribution in [0.1, 0.15) is 44.2 Å². The van der Waals surface area contributed by atoms with E-state index in [1.807, 2.05) is 57.5 Å². The molecule has 2 aromatic rings. The van der Waals surface area contributed by atoms with Crippen LogP contribution >= 0.6 is 11.3 Å². The number of nitrogens with zero attached hydrogens (tertiary/aromatic N) is 2. The molecule has 1 amide bonds. The first-order chi connectivity index (χ1) is 13.8. The summed E-state index contributed by atoms with van der Waals surface area (Å²) in [5, 5.41) is 3.56. The summed E-state index contributed by atoms with van der Waals surface area (Å²) in [4.78, 5) is 19.5. The van der Waals surface area contributed by atoms with Crippen LogP contribution in [-0.4, -0.2) is 47.3 Å². The highest BCUT2D eigenvalue weighted by Gasteiger charge is 2.26. The van der Waals surface area contributed by atoms with Crippen LogP contribution in [0.2, 0.25) is 0 Å². The van der Waals surface area contributed by atoms with E-state index in [2.05, 4.69) is 10.3 Å². The molecule has 6 nitrogen and oxygen atoms in total. The fourth-order valence-corrected chi connectivity index (χ4v) is 4.01. The van der Waals surface area contributed by atoms with Crippen molar-refractivity contribution in [3.8, 4) is 5.75 Å². The Hall–Kier alpha value is -2.28. The van der Waals surface area contributed by atoms with Crippen molar-refractivity contribution in [3.63, 3.8) is 0 Å². The number of likely N-dealkylation sites (tertiary alicyclic amines) is 1. The van der Waals surface area contributed by atoms with E-state index in [1.54, 1.807) is 16.2 Å². The van der Waals surface area contributed by atoms with Gasteiger partial charge in [-0.3, -0.25) is 0 Å². The first kappa shape index (κ1) is 21.4. The molecule has 1 fully saturated rings. The highest BCUT2D eigenvalue weighted by atomic mass is 32.1. The number of aromatic nitrogens is 1. The maximum Gasteiger partial charge on any atom is 0.410 e. The van der Waals surface area contributed by atoms with Gasteiger partial charge >= 0.3 is 6.09 Å². The molecule has 1 aromatic heterocycles. The molecule has 0 spiro atoms. The van der Waals surface area contributed by atoms with E-state index in [4.69, 9.17) is 9.47 Å². The second-order valence-electron chi connectivity index (χ2n) is 8.37. The first-order valence-corrected chi connectivity index (χ1v) is 11.0. The van der Waals surface area contributed by atoms with Gasteiger partial charge in [-0.15, -0.1) is 11.3 Å². The number of anilines is 1. The summed E-state index contributed by atoms with van der Waals surface area (Å²) in [5.41, 5.74) is 3.60. The van der Waals surface area contributed by atoms with Gasteiger partial charge in [0.25, 0.3) is 0 Å². The van der Waals surface area contributed by atoms with Crippen LogP contribution in [-0.2, 0) is 11.2 Å². The van der Waals surface area contributed by atoms with Gasteiger partial charge in [-0.05, 0) is 64.8 Å². The van der Waals surface area contributed by atoms with Gasteiger partial charge in [0.15, 0.2) is 0 Å². The quantitative estimate of drug-likeness (QED) is 0.725. The Balaban J connectivity index is 1.40. The average Bonchev–Trinajstić information content (AvgIpc) is 3.07. The lowest BCUT2D eigenvalue weighted by Gasteiger charge is -2.34. The van der Waals surface area contributed by atoms with E-state index in [1.165, 1.54) is 4.88 Å². The van der Waals surface area contributed by atoms with Crippen molar-refractivity contribution >= 4 is 23.1 Å². The van der Waals surface area contributed by atoms with Gasteiger partial charge in [-0.25, -0.2) is 9.78 Å². The molecule has 0 radical (unpaired) electrons. The molecule has 158 valence electrons. The Labute approximate surface area is 177 Å². The third kappa shape index (κ3) is 6.63. The summed E-state index contributed by atoms with van der Waals surface area (Å²) in [7, 11) is 0.